The number of hydrogen-bond acceptors (Lipinski definition) is 3. The Morgan fingerprint density at radius 2 is 2.24 bits per heavy atom. The molecule has 0 spiro atoms. The third-order valence-electron chi connectivity index (χ3n) is 3.19. The van der Waals surface area contributed by atoms with Crippen LogP contribution in [-0.2, 0) is 0 Å². The molecule has 5 nitrogen and oxygen atoms in total. The number of nitrogens with zero attached hydrogens (tertiary/aromatic N) is 1. The van der Waals surface area contributed by atoms with Crippen molar-refractivity contribution in [3.8, 4) is 0 Å². The zero-order valence-corrected chi connectivity index (χ0v) is 9.42. The van der Waals surface area contributed by atoms with Gasteiger partial charge in [-0.3, -0.25) is 9.78 Å². The number of aromatic amines is 2. The van der Waals surface area contributed by atoms with E-state index in [2.05, 4.69) is 21.0 Å². The summed E-state index contributed by atoms with van der Waals surface area (Å²) in [4.78, 5) is 21.4. The molecule has 88 valence electrons. The first kappa shape index (κ1) is 10.1. The maximum Gasteiger partial charge on any atom is 0.276 e. The molecule has 0 saturated carbocycles. The van der Waals surface area contributed by atoms with Gasteiger partial charge >= 0.3 is 0 Å². The van der Waals surface area contributed by atoms with E-state index in [0.717, 1.165) is 18.4 Å². The van der Waals surface area contributed by atoms with Gasteiger partial charge in [0.2, 0.25) is 5.95 Å². The summed E-state index contributed by atoms with van der Waals surface area (Å²) in [6.07, 6.45) is 8.65. The van der Waals surface area contributed by atoms with Crippen molar-refractivity contribution in [3.05, 3.63) is 28.2 Å². The van der Waals surface area contributed by atoms with E-state index < -0.39 is 0 Å². The Bertz CT molecular complexity index is 650. The fourth-order valence-electron chi connectivity index (χ4n) is 2.36. The van der Waals surface area contributed by atoms with Crippen LogP contribution in [0.4, 0.5) is 5.95 Å². The van der Waals surface area contributed by atoms with Gasteiger partial charge in [0.25, 0.3) is 5.56 Å². The normalized spacial score (nSPS) is 16.1. The molecule has 0 fully saturated rings. The van der Waals surface area contributed by atoms with Gasteiger partial charge in [0.15, 0.2) is 0 Å². The largest absolute Gasteiger partial charge is 0.369 e. The van der Waals surface area contributed by atoms with E-state index in [1.54, 1.807) is 0 Å². The standard InChI is InChI=1S/C12H14N4O/c13-12-15-9-8(7-4-2-1-3-5-7)6-14-10(9)11(17)16-12/h4,6,14H,1-3,5H2,(H3,13,15,16,17). The number of fused-ring (bicyclic) bond motifs is 1. The molecular formula is C12H14N4O. The molecule has 1 aliphatic rings. The highest BCUT2D eigenvalue weighted by Gasteiger charge is 2.14. The summed E-state index contributed by atoms with van der Waals surface area (Å²) in [7, 11) is 0. The summed E-state index contributed by atoms with van der Waals surface area (Å²) < 4.78 is 0. The molecule has 0 saturated heterocycles. The number of nitrogen functional groups attached to an aromatic ring is 1. The quantitative estimate of drug-likeness (QED) is 0.697. The van der Waals surface area contributed by atoms with Gasteiger partial charge < -0.3 is 10.7 Å². The van der Waals surface area contributed by atoms with Gasteiger partial charge in [-0.1, -0.05) is 6.08 Å². The van der Waals surface area contributed by atoms with Gasteiger partial charge in [-0.15, -0.1) is 0 Å². The van der Waals surface area contributed by atoms with E-state index in [4.69, 9.17) is 5.73 Å². The lowest BCUT2D eigenvalue weighted by molar-refractivity contribution is 0.742. The minimum absolute atomic E-state index is 0.166. The Morgan fingerprint density at radius 3 is 3.00 bits per heavy atom. The van der Waals surface area contributed by atoms with Crippen molar-refractivity contribution in [3.63, 3.8) is 0 Å². The van der Waals surface area contributed by atoms with Crippen LogP contribution in [0.25, 0.3) is 16.6 Å². The van der Waals surface area contributed by atoms with Crippen LogP contribution >= 0.6 is 0 Å². The summed E-state index contributed by atoms with van der Waals surface area (Å²) in [5.74, 6) is 0.166. The Balaban J connectivity index is 2.24. The van der Waals surface area contributed by atoms with Crippen molar-refractivity contribution < 1.29 is 0 Å². The number of H-pyrrole nitrogens is 2. The van der Waals surface area contributed by atoms with Crippen LogP contribution in [0.5, 0.6) is 0 Å². The second kappa shape index (κ2) is 3.76. The zero-order valence-electron chi connectivity index (χ0n) is 9.42. The molecule has 0 unspecified atom stereocenters. The second-order valence-electron chi connectivity index (χ2n) is 4.35. The Labute approximate surface area is 97.8 Å². The molecule has 0 amide bonds. The maximum atomic E-state index is 11.7. The average Bonchev–Trinajstić information content (AvgIpc) is 2.74. The first-order valence-electron chi connectivity index (χ1n) is 5.82. The molecule has 2 heterocycles. The molecule has 5 heteroatoms. The highest BCUT2D eigenvalue weighted by Crippen LogP contribution is 2.30. The Hall–Kier alpha value is -2.04. The lowest BCUT2D eigenvalue weighted by atomic mass is 9.95. The summed E-state index contributed by atoms with van der Waals surface area (Å²) >= 11 is 0. The van der Waals surface area contributed by atoms with Gasteiger partial charge in [0.1, 0.15) is 11.0 Å². The molecule has 0 radical (unpaired) electrons. The lowest BCUT2D eigenvalue weighted by Gasteiger charge is -2.11. The lowest BCUT2D eigenvalue weighted by Crippen LogP contribution is -2.11. The van der Waals surface area contributed by atoms with Gasteiger partial charge in [0.05, 0.1) is 0 Å². The van der Waals surface area contributed by atoms with E-state index in [0.29, 0.717) is 11.0 Å². The van der Waals surface area contributed by atoms with E-state index in [1.165, 1.54) is 18.4 Å². The molecular weight excluding hydrogens is 216 g/mol. The molecule has 0 aromatic carbocycles. The smallest absolute Gasteiger partial charge is 0.276 e. The minimum Gasteiger partial charge on any atom is -0.369 e. The predicted molar refractivity (Wildman–Crippen MR) is 67.6 cm³/mol. The van der Waals surface area contributed by atoms with Crippen molar-refractivity contribution in [1.82, 2.24) is 15.0 Å². The third kappa shape index (κ3) is 1.63. The monoisotopic (exact) mass is 230 g/mol. The van der Waals surface area contributed by atoms with Crippen molar-refractivity contribution in [2.45, 2.75) is 25.7 Å². The fourth-order valence-corrected chi connectivity index (χ4v) is 2.36. The molecule has 4 N–H and O–H groups in total. The summed E-state index contributed by atoms with van der Waals surface area (Å²) in [5.41, 5.74) is 8.83. The van der Waals surface area contributed by atoms with Gasteiger partial charge in [-0.2, -0.15) is 0 Å². The Morgan fingerprint density at radius 1 is 1.35 bits per heavy atom. The van der Waals surface area contributed by atoms with Crippen LogP contribution in [0.15, 0.2) is 17.1 Å². The highest BCUT2D eigenvalue weighted by atomic mass is 16.1. The van der Waals surface area contributed by atoms with Crippen LogP contribution in [0, 0.1) is 0 Å². The maximum absolute atomic E-state index is 11.7. The number of anilines is 1. The number of aromatic nitrogens is 3. The SMILES string of the molecule is Nc1nc2c(C3=CCCCC3)c[nH]c2c(=O)[nH]1. The van der Waals surface area contributed by atoms with E-state index in [-0.39, 0.29) is 11.5 Å². The van der Waals surface area contributed by atoms with Crippen LogP contribution in [0.3, 0.4) is 0 Å². The third-order valence-corrected chi connectivity index (χ3v) is 3.19. The summed E-state index contributed by atoms with van der Waals surface area (Å²) in [6, 6.07) is 0. The molecule has 0 bridgehead atoms. The molecule has 2 aromatic rings. The van der Waals surface area contributed by atoms with Gasteiger partial charge in [0, 0.05) is 11.8 Å². The number of allylic oxidation sites excluding steroid dienone is 2. The van der Waals surface area contributed by atoms with Crippen LogP contribution < -0.4 is 11.3 Å². The van der Waals surface area contributed by atoms with Gasteiger partial charge in [-0.05, 0) is 31.3 Å². The molecule has 1 aliphatic carbocycles. The summed E-state index contributed by atoms with van der Waals surface area (Å²) in [6.45, 7) is 0. The van der Waals surface area contributed by atoms with Crippen LogP contribution in [0.2, 0.25) is 0 Å². The van der Waals surface area contributed by atoms with Crippen molar-refractivity contribution in [2.24, 2.45) is 0 Å². The molecule has 0 aliphatic heterocycles. The topological polar surface area (TPSA) is 87.6 Å². The van der Waals surface area contributed by atoms with Crippen molar-refractivity contribution >= 4 is 22.6 Å². The molecule has 2 aromatic heterocycles. The van der Waals surface area contributed by atoms with Crippen molar-refractivity contribution in [1.29, 1.82) is 0 Å². The number of nitrogens with one attached hydrogen (secondary N) is 2. The van der Waals surface area contributed by atoms with E-state index in [1.807, 2.05) is 6.20 Å². The number of hydrogen-bond donors (Lipinski definition) is 3. The number of rotatable bonds is 1. The predicted octanol–water partition coefficient (Wildman–Crippen LogP) is 1.79. The van der Waals surface area contributed by atoms with Crippen LogP contribution in [0.1, 0.15) is 31.2 Å². The summed E-state index contributed by atoms with van der Waals surface area (Å²) in [5, 5.41) is 0. The average molecular weight is 230 g/mol. The molecule has 3 rings (SSSR count). The van der Waals surface area contributed by atoms with Crippen LogP contribution in [-0.4, -0.2) is 15.0 Å². The van der Waals surface area contributed by atoms with Crippen molar-refractivity contribution in [2.75, 3.05) is 5.73 Å². The number of nitrogens with two attached hydrogens (primary N) is 1. The molecule has 17 heavy (non-hydrogen) atoms. The van der Waals surface area contributed by atoms with E-state index in [9.17, 15) is 4.79 Å². The van der Waals surface area contributed by atoms with Gasteiger partial charge in [-0.25, -0.2) is 4.98 Å². The highest BCUT2D eigenvalue weighted by molar-refractivity contribution is 5.89. The first-order valence-corrected chi connectivity index (χ1v) is 5.82. The second-order valence-corrected chi connectivity index (χ2v) is 4.35. The minimum atomic E-state index is -0.213. The Kier molecular flexibility index (Phi) is 2.24. The fraction of sp³-hybridized carbons (Fsp3) is 0.333. The molecule has 0 atom stereocenters. The first-order chi connectivity index (χ1) is 8.25. The van der Waals surface area contributed by atoms with E-state index >= 15 is 0 Å². The zero-order chi connectivity index (χ0) is 11.8.